The minimum Gasteiger partial charge on any atom is -0.496 e. The van der Waals surface area contributed by atoms with Gasteiger partial charge in [0.05, 0.1) is 19.8 Å². The first-order valence-corrected chi connectivity index (χ1v) is 6.84. The van der Waals surface area contributed by atoms with E-state index in [0.717, 1.165) is 16.9 Å². The van der Waals surface area contributed by atoms with E-state index in [0.29, 0.717) is 11.6 Å². The van der Waals surface area contributed by atoms with Crippen molar-refractivity contribution < 1.29 is 9.84 Å². The van der Waals surface area contributed by atoms with Crippen molar-refractivity contribution in [3.63, 3.8) is 0 Å². The first-order valence-electron chi connectivity index (χ1n) is 6.46. The van der Waals surface area contributed by atoms with E-state index in [1.165, 1.54) is 0 Å². The number of aliphatic hydroxyl groups excluding tert-OH is 1. The Balaban J connectivity index is 2.09. The van der Waals surface area contributed by atoms with E-state index in [1.807, 2.05) is 42.5 Å². The Hall–Kier alpha value is -1.55. The number of halogens is 1. The van der Waals surface area contributed by atoms with Crippen molar-refractivity contribution in [2.45, 2.75) is 12.6 Å². The van der Waals surface area contributed by atoms with Gasteiger partial charge in [0.15, 0.2) is 0 Å². The lowest BCUT2D eigenvalue weighted by Crippen LogP contribution is -2.24. The molecule has 0 aliphatic heterocycles. The largest absolute Gasteiger partial charge is 0.496 e. The standard InChI is InChI=1S/C16H18ClNO2/c1-20-16-8-7-14(17)9-13(16)10-18-15(11-19)12-5-3-2-4-6-12/h2-9,15,18-19H,10-11H2,1H3/t15-/m0/s1. The lowest BCUT2D eigenvalue weighted by molar-refractivity contribution is 0.243. The van der Waals surface area contributed by atoms with Gasteiger partial charge in [-0.3, -0.25) is 0 Å². The number of nitrogens with one attached hydrogen (secondary N) is 1. The predicted molar refractivity (Wildman–Crippen MR) is 81.1 cm³/mol. The van der Waals surface area contributed by atoms with Gasteiger partial charge < -0.3 is 15.2 Å². The number of ether oxygens (including phenoxy) is 1. The quantitative estimate of drug-likeness (QED) is 0.859. The number of benzene rings is 2. The van der Waals surface area contributed by atoms with Gasteiger partial charge >= 0.3 is 0 Å². The van der Waals surface area contributed by atoms with Crippen molar-refractivity contribution in [2.75, 3.05) is 13.7 Å². The molecule has 0 heterocycles. The highest BCUT2D eigenvalue weighted by Crippen LogP contribution is 2.23. The maximum absolute atomic E-state index is 9.52. The molecule has 0 unspecified atom stereocenters. The van der Waals surface area contributed by atoms with Crippen LogP contribution in [0.5, 0.6) is 5.75 Å². The van der Waals surface area contributed by atoms with E-state index < -0.39 is 0 Å². The molecule has 0 aliphatic carbocycles. The fourth-order valence-electron chi connectivity index (χ4n) is 2.09. The summed E-state index contributed by atoms with van der Waals surface area (Å²) in [4.78, 5) is 0. The molecular weight excluding hydrogens is 274 g/mol. The second-order valence-electron chi connectivity index (χ2n) is 4.48. The zero-order chi connectivity index (χ0) is 14.4. The molecule has 0 saturated heterocycles. The van der Waals surface area contributed by atoms with Crippen LogP contribution in [0.15, 0.2) is 48.5 Å². The third-order valence-electron chi connectivity index (χ3n) is 3.17. The summed E-state index contributed by atoms with van der Waals surface area (Å²) >= 11 is 6.01. The van der Waals surface area contributed by atoms with Crippen LogP contribution in [0.25, 0.3) is 0 Å². The van der Waals surface area contributed by atoms with Crippen molar-refractivity contribution in [1.82, 2.24) is 5.32 Å². The van der Waals surface area contributed by atoms with Gasteiger partial charge in [0.25, 0.3) is 0 Å². The molecule has 2 N–H and O–H groups in total. The minimum atomic E-state index is -0.111. The van der Waals surface area contributed by atoms with Gasteiger partial charge in [0.2, 0.25) is 0 Å². The molecule has 0 saturated carbocycles. The zero-order valence-corrected chi connectivity index (χ0v) is 12.1. The fraction of sp³-hybridized carbons (Fsp3) is 0.250. The number of methoxy groups -OCH3 is 1. The summed E-state index contributed by atoms with van der Waals surface area (Å²) in [6.45, 7) is 0.608. The van der Waals surface area contributed by atoms with E-state index in [-0.39, 0.29) is 12.6 Å². The molecule has 0 bridgehead atoms. The maximum Gasteiger partial charge on any atom is 0.123 e. The first-order chi connectivity index (χ1) is 9.74. The SMILES string of the molecule is COc1ccc(Cl)cc1CN[C@@H](CO)c1ccccc1. The van der Waals surface area contributed by atoms with Gasteiger partial charge in [-0.25, -0.2) is 0 Å². The van der Waals surface area contributed by atoms with E-state index in [1.54, 1.807) is 13.2 Å². The highest BCUT2D eigenvalue weighted by Gasteiger charge is 2.11. The van der Waals surface area contributed by atoms with Crippen molar-refractivity contribution in [1.29, 1.82) is 0 Å². The van der Waals surface area contributed by atoms with Crippen LogP contribution >= 0.6 is 11.6 Å². The topological polar surface area (TPSA) is 41.5 Å². The van der Waals surface area contributed by atoms with E-state index in [4.69, 9.17) is 16.3 Å². The lowest BCUT2D eigenvalue weighted by Gasteiger charge is -2.18. The van der Waals surface area contributed by atoms with Gasteiger partial charge in [0.1, 0.15) is 5.75 Å². The van der Waals surface area contributed by atoms with E-state index >= 15 is 0 Å². The summed E-state index contributed by atoms with van der Waals surface area (Å²) < 4.78 is 5.31. The average Bonchev–Trinajstić information content (AvgIpc) is 2.49. The monoisotopic (exact) mass is 291 g/mol. The normalized spacial score (nSPS) is 12.2. The highest BCUT2D eigenvalue weighted by atomic mass is 35.5. The molecule has 3 nitrogen and oxygen atoms in total. The Bertz CT molecular complexity index is 545. The molecule has 0 aliphatic rings. The van der Waals surface area contributed by atoms with Crippen LogP contribution < -0.4 is 10.1 Å². The summed E-state index contributed by atoms with van der Waals surface area (Å²) in [5.41, 5.74) is 2.02. The molecule has 2 rings (SSSR count). The molecule has 2 aromatic rings. The van der Waals surface area contributed by atoms with E-state index in [9.17, 15) is 5.11 Å². The number of aliphatic hydroxyl groups is 1. The average molecular weight is 292 g/mol. The van der Waals surface area contributed by atoms with Crippen LogP contribution in [-0.2, 0) is 6.54 Å². The number of rotatable bonds is 6. The summed E-state index contributed by atoms with van der Waals surface area (Å²) in [7, 11) is 1.63. The zero-order valence-electron chi connectivity index (χ0n) is 11.3. The molecule has 0 amide bonds. The highest BCUT2D eigenvalue weighted by molar-refractivity contribution is 6.30. The molecule has 0 radical (unpaired) electrons. The van der Waals surface area contributed by atoms with E-state index in [2.05, 4.69) is 5.32 Å². The fourth-order valence-corrected chi connectivity index (χ4v) is 2.29. The molecule has 106 valence electrons. The summed E-state index contributed by atoms with van der Waals surface area (Å²) in [5, 5.41) is 13.5. The van der Waals surface area contributed by atoms with Gasteiger partial charge in [-0.2, -0.15) is 0 Å². The second-order valence-corrected chi connectivity index (χ2v) is 4.92. The van der Waals surface area contributed by atoms with Crippen LogP contribution in [0.3, 0.4) is 0 Å². The molecule has 0 spiro atoms. The van der Waals surface area contributed by atoms with Crippen molar-refractivity contribution in [3.05, 3.63) is 64.7 Å². The Morgan fingerprint density at radius 1 is 1.20 bits per heavy atom. The van der Waals surface area contributed by atoms with Crippen LogP contribution in [0.4, 0.5) is 0 Å². The molecule has 4 heteroatoms. The Morgan fingerprint density at radius 2 is 1.95 bits per heavy atom. The molecule has 1 atom stereocenters. The smallest absolute Gasteiger partial charge is 0.123 e. The van der Waals surface area contributed by atoms with Crippen LogP contribution in [-0.4, -0.2) is 18.8 Å². The van der Waals surface area contributed by atoms with Crippen LogP contribution in [0.1, 0.15) is 17.2 Å². The maximum atomic E-state index is 9.52. The minimum absolute atomic E-state index is 0.0346. The molecule has 0 aromatic heterocycles. The second kappa shape index (κ2) is 7.29. The molecule has 2 aromatic carbocycles. The predicted octanol–water partition coefficient (Wildman–Crippen LogP) is 3.17. The van der Waals surface area contributed by atoms with Crippen molar-refractivity contribution >= 4 is 11.6 Å². The molecular formula is C16H18ClNO2. The van der Waals surface area contributed by atoms with Crippen molar-refractivity contribution in [3.8, 4) is 5.75 Å². The third-order valence-corrected chi connectivity index (χ3v) is 3.40. The Morgan fingerprint density at radius 3 is 2.60 bits per heavy atom. The summed E-state index contributed by atoms with van der Waals surface area (Å²) in [5.74, 6) is 0.784. The van der Waals surface area contributed by atoms with Gasteiger partial charge in [-0.15, -0.1) is 0 Å². The van der Waals surface area contributed by atoms with Gasteiger partial charge in [-0.05, 0) is 23.8 Å². The Kier molecular flexibility index (Phi) is 5.41. The third kappa shape index (κ3) is 3.73. The Labute approximate surface area is 124 Å². The van der Waals surface area contributed by atoms with Gasteiger partial charge in [0, 0.05) is 17.1 Å². The first kappa shape index (κ1) is 14.9. The molecule has 20 heavy (non-hydrogen) atoms. The van der Waals surface area contributed by atoms with Gasteiger partial charge in [-0.1, -0.05) is 41.9 Å². The number of hydrogen-bond acceptors (Lipinski definition) is 3. The number of hydrogen-bond donors (Lipinski definition) is 2. The van der Waals surface area contributed by atoms with Crippen LogP contribution in [0, 0.1) is 0 Å². The summed E-state index contributed by atoms with van der Waals surface area (Å²) in [6, 6.07) is 15.2. The summed E-state index contributed by atoms with van der Waals surface area (Å²) in [6.07, 6.45) is 0. The van der Waals surface area contributed by atoms with Crippen molar-refractivity contribution in [2.24, 2.45) is 0 Å². The lowest BCUT2D eigenvalue weighted by atomic mass is 10.1. The van der Waals surface area contributed by atoms with Crippen LogP contribution in [0.2, 0.25) is 5.02 Å². The molecule has 0 fully saturated rings.